The van der Waals surface area contributed by atoms with Crippen molar-refractivity contribution in [2.75, 3.05) is 31.1 Å². The maximum Gasteiger partial charge on any atom is 0.310 e. The summed E-state index contributed by atoms with van der Waals surface area (Å²) in [5.41, 5.74) is 0.970. The lowest BCUT2D eigenvalue weighted by Gasteiger charge is -2.36. The number of hydrogen-bond acceptors (Lipinski definition) is 8. The van der Waals surface area contributed by atoms with Crippen LogP contribution in [-0.2, 0) is 20.9 Å². The normalized spacial score (nSPS) is 17.8. The fraction of sp³-hybridized carbons (Fsp3) is 0.686. The lowest BCUT2D eigenvalue weighted by atomic mass is 9.96. The highest BCUT2D eigenvalue weighted by molar-refractivity contribution is 8.26. The Balaban J connectivity index is 1.84. The van der Waals surface area contributed by atoms with Gasteiger partial charge < -0.3 is 9.64 Å². The van der Waals surface area contributed by atoms with Crippen LogP contribution >= 0.6 is 24.0 Å². The Morgan fingerprint density at radius 1 is 1.00 bits per heavy atom. The van der Waals surface area contributed by atoms with Crippen molar-refractivity contribution in [3.8, 4) is 6.07 Å². The first-order valence-electron chi connectivity index (χ1n) is 17.1. The van der Waals surface area contributed by atoms with Crippen molar-refractivity contribution in [1.82, 2.24) is 9.47 Å². The van der Waals surface area contributed by atoms with Crippen LogP contribution in [0.15, 0.2) is 9.70 Å². The van der Waals surface area contributed by atoms with Gasteiger partial charge in [0.2, 0.25) is 0 Å². The predicted octanol–water partition coefficient (Wildman–Crippen LogP) is 7.73. The number of aromatic nitrogens is 1. The number of esters is 1. The highest BCUT2D eigenvalue weighted by Gasteiger charge is 2.34. The number of ether oxygens (including phenoxy) is 1. The summed E-state index contributed by atoms with van der Waals surface area (Å²) in [6.07, 6.45) is 17.2. The van der Waals surface area contributed by atoms with Gasteiger partial charge in [-0.25, -0.2) is 0 Å². The Morgan fingerprint density at radius 3 is 2.27 bits per heavy atom. The SMILES string of the molecule is CCCCCCCCCCCCN1C(=O)C(=Cc2c(C)c(C#N)c(=O)n(CCCC)c2N2CCCC(C(=O)OCC)C2)SC1=S. The van der Waals surface area contributed by atoms with Gasteiger partial charge in [-0.15, -0.1) is 0 Å². The number of pyridine rings is 1. The van der Waals surface area contributed by atoms with Gasteiger partial charge in [0.1, 0.15) is 21.8 Å². The van der Waals surface area contributed by atoms with Gasteiger partial charge in [0.25, 0.3) is 11.5 Å². The highest BCUT2D eigenvalue weighted by Crippen LogP contribution is 2.37. The van der Waals surface area contributed by atoms with E-state index >= 15 is 0 Å². The minimum Gasteiger partial charge on any atom is -0.466 e. The van der Waals surface area contributed by atoms with Crippen LogP contribution < -0.4 is 10.5 Å². The first-order valence-corrected chi connectivity index (χ1v) is 18.4. The Hall–Kier alpha value is -2.64. The third-order valence-corrected chi connectivity index (χ3v) is 10.2. The monoisotopic (exact) mass is 656 g/mol. The van der Waals surface area contributed by atoms with Crippen molar-refractivity contribution in [2.24, 2.45) is 5.92 Å². The highest BCUT2D eigenvalue weighted by atomic mass is 32.2. The van der Waals surface area contributed by atoms with Crippen molar-refractivity contribution < 1.29 is 14.3 Å². The molecule has 248 valence electrons. The van der Waals surface area contributed by atoms with Crippen LogP contribution in [0.1, 0.15) is 127 Å². The topological polar surface area (TPSA) is 95.6 Å². The molecule has 45 heavy (non-hydrogen) atoms. The zero-order chi connectivity index (χ0) is 32.8. The second kappa shape index (κ2) is 19.1. The molecule has 1 unspecified atom stereocenters. The lowest BCUT2D eigenvalue weighted by Crippen LogP contribution is -2.43. The zero-order valence-corrected chi connectivity index (χ0v) is 29.5. The van der Waals surface area contributed by atoms with Crippen molar-refractivity contribution in [1.29, 1.82) is 5.26 Å². The quantitative estimate of drug-likeness (QED) is 0.0686. The summed E-state index contributed by atoms with van der Waals surface area (Å²) in [5.74, 6) is -0.000966. The molecule has 0 aromatic carbocycles. The van der Waals surface area contributed by atoms with Gasteiger partial charge in [0, 0.05) is 31.7 Å². The van der Waals surface area contributed by atoms with Crippen molar-refractivity contribution in [2.45, 2.75) is 124 Å². The van der Waals surface area contributed by atoms with Crippen LogP contribution in [0.2, 0.25) is 0 Å². The molecule has 0 aliphatic carbocycles. The number of piperidine rings is 1. The van der Waals surface area contributed by atoms with Gasteiger partial charge in [0.15, 0.2) is 0 Å². The molecule has 0 radical (unpaired) electrons. The number of amides is 1. The molecule has 1 atom stereocenters. The van der Waals surface area contributed by atoms with Crippen LogP contribution in [-0.4, -0.2) is 51.9 Å². The molecule has 1 aromatic heterocycles. The molecular formula is C35H52N4O4S2. The average molecular weight is 657 g/mol. The molecule has 3 rings (SSSR count). The summed E-state index contributed by atoms with van der Waals surface area (Å²) in [4.78, 5) is 44.3. The first-order chi connectivity index (χ1) is 21.8. The summed E-state index contributed by atoms with van der Waals surface area (Å²) in [6, 6.07) is 2.13. The van der Waals surface area contributed by atoms with E-state index in [0.29, 0.717) is 59.0 Å². The van der Waals surface area contributed by atoms with Crippen molar-refractivity contribution in [3.05, 3.63) is 31.9 Å². The minimum atomic E-state index is -0.331. The summed E-state index contributed by atoms with van der Waals surface area (Å²) in [6.45, 7) is 10.3. The Kier molecular flexibility index (Phi) is 15.6. The molecule has 8 nitrogen and oxygen atoms in total. The molecule has 0 spiro atoms. The number of carbonyl (C=O) groups excluding carboxylic acids is 2. The van der Waals surface area contributed by atoms with Crippen LogP contribution in [0.4, 0.5) is 5.82 Å². The Labute approximate surface area is 279 Å². The number of thiocarbonyl (C=S) groups is 1. The minimum absolute atomic E-state index is 0.0842. The third kappa shape index (κ3) is 9.92. The zero-order valence-electron chi connectivity index (χ0n) is 27.8. The number of anilines is 1. The summed E-state index contributed by atoms with van der Waals surface area (Å²) in [5, 5.41) is 10.0. The summed E-state index contributed by atoms with van der Waals surface area (Å²) >= 11 is 6.93. The Morgan fingerprint density at radius 2 is 1.64 bits per heavy atom. The second-order valence-electron chi connectivity index (χ2n) is 12.2. The van der Waals surface area contributed by atoms with E-state index in [0.717, 1.165) is 38.5 Å². The summed E-state index contributed by atoms with van der Waals surface area (Å²) in [7, 11) is 0. The van der Waals surface area contributed by atoms with E-state index in [1.54, 1.807) is 23.3 Å². The first kappa shape index (κ1) is 36.8. The molecule has 0 saturated carbocycles. The van der Waals surface area contributed by atoms with Crippen LogP contribution in [0.25, 0.3) is 6.08 Å². The van der Waals surface area contributed by atoms with E-state index in [-0.39, 0.29) is 28.9 Å². The fourth-order valence-corrected chi connectivity index (χ4v) is 7.50. The average Bonchev–Trinajstić information content (AvgIpc) is 3.30. The number of hydrogen-bond donors (Lipinski definition) is 0. The van der Waals surface area contributed by atoms with Gasteiger partial charge >= 0.3 is 5.97 Å². The molecule has 2 aliphatic heterocycles. The number of nitriles is 1. The van der Waals surface area contributed by atoms with E-state index in [1.165, 1.54) is 63.1 Å². The van der Waals surface area contributed by atoms with Gasteiger partial charge in [-0.3, -0.25) is 23.9 Å². The molecule has 1 aromatic rings. The predicted molar refractivity (Wildman–Crippen MR) is 188 cm³/mol. The van der Waals surface area contributed by atoms with Crippen LogP contribution in [0.5, 0.6) is 0 Å². The Bertz CT molecular complexity index is 1320. The number of unbranched alkanes of at least 4 members (excludes halogenated alkanes) is 10. The molecule has 10 heteroatoms. The molecule has 0 bridgehead atoms. The molecule has 2 fully saturated rings. The smallest absolute Gasteiger partial charge is 0.310 e. The van der Waals surface area contributed by atoms with Crippen molar-refractivity contribution >= 4 is 52.1 Å². The van der Waals surface area contributed by atoms with Crippen LogP contribution in [0, 0.1) is 24.2 Å². The lowest BCUT2D eigenvalue weighted by molar-refractivity contribution is -0.148. The fourth-order valence-electron chi connectivity index (χ4n) is 6.21. The number of rotatable bonds is 18. The number of nitrogens with zero attached hydrogens (tertiary/aromatic N) is 4. The molecule has 2 saturated heterocycles. The van der Waals surface area contributed by atoms with Gasteiger partial charge in [-0.2, -0.15) is 5.26 Å². The molecule has 3 heterocycles. The van der Waals surface area contributed by atoms with E-state index < -0.39 is 0 Å². The molecular weight excluding hydrogens is 605 g/mol. The second-order valence-corrected chi connectivity index (χ2v) is 13.9. The van der Waals surface area contributed by atoms with Gasteiger partial charge in [-0.1, -0.05) is 102 Å². The van der Waals surface area contributed by atoms with E-state index in [1.807, 2.05) is 6.08 Å². The van der Waals surface area contributed by atoms with E-state index in [9.17, 15) is 19.6 Å². The third-order valence-electron chi connectivity index (χ3n) is 8.81. The van der Waals surface area contributed by atoms with Gasteiger partial charge in [0.05, 0.1) is 17.4 Å². The maximum atomic E-state index is 13.6. The molecule has 2 aliphatic rings. The van der Waals surface area contributed by atoms with E-state index in [4.69, 9.17) is 17.0 Å². The standard InChI is InChI=1S/C35H52N4O4S2/c1-5-8-10-11-12-13-14-15-16-17-22-39-33(41)30(45-35(39)44)23-28-26(4)29(24-36)32(40)38(21-9-6-2)31(28)37-20-18-19-27(25-37)34(42)43-7-3/h23,27H,5-22,25H2,1-4H3. The van der Waals surface area contributed by atoms with Crippen molar-refractivity contribution in [3.63, 3.8) is 0 Å². The maximum absolute atomic E-state index is 13.6. The van der Waals surface area contributed by atoms with E-state index in [2.05, 4.69) is 24.8 Å². The summed E-state index contributed by atoms with van der Waals surface area (Å²) < 4.78 is 7.56. The molecule has 1 amide bonds. The number of thioether (sulfide) groups is 1. The van der Waals surface area contributed by atoms with Crippen LogP contribution in [0.3, 0.4) is 0 Å². The van der Waals surface area contributed by atoms with Gasteiger partial charge in [-0.05, 0) is 51.2 Å². The number of carbonyl (C=O) groups is 2. The largest absolute Gasteiger partial charge is 0.466 e. The molecule has 0 N–H and O–H groups in total.